The number of nitrogens with zero attached hydrogens (tertiary/aromatic N) is 2. The van der Waals surface area contributed by atoms with Gasteiger partial charge in [0.25, 0.3) is 0 Å². The molecule has 0 fully saturated rings. The van der Waals surface area contributed by atoms with Crippen molar-refractivity contribution in [3.05, 3.63) is 35.4 Å². The summed E-state index contributed by atoms with van der Waals surface area (Å²) in [5.74, 6) is -0.494. The van der Waals surface area contributed by atoms with Gasteiger partial charge in [0.05, 0.1) is 13.7 Å². The largest absolute Gasteiger partial charge is 0.464 e. The summed E-state index contributed by atoms with van der Waals surface area (Å²) in [5.41, 5.74) is 0.618. The Morgan fingerprint density at radius 2 is 2.42 bits per heavy atom. The van der Waals surface area contributed by atoms with Gasteiger partial charge in [-0.2, -0.15) is 0 Å². The Morgan fingerprint density at radius 1 is 1.67 bits per heavy atom. The van der Waals surface area contributed by atoms with Gasteiger partial charge in [0.1, 0.15) is 5.69 Å². The van der Waals surface area contributed by atoms with E-state index in [1.54, 1.807) is 0 Å². The van der Waals surface area contributed by atoms with E-state index in [1.165, 1.54) is 25.4 Å². The van der Waals surface area contributed by atoms with Crippen LogP contribution in [0.5, 0.6) is 0 Å². The fourth-order valence-corrected chi connectivity index (χ4v) is 0.678. The number of ether oxygens (including phenoxy) is 1. The summed E-state index contributed by atoms with van der Waals surface area (Å²) in [4.78, 5) is 17.7. The molecule has 0 saturated carbocycles. The van der Waals surface area contributed by atoms with Crippen molar-refractivity contribution in [2.75, 3.05) is 7.11 Å². The Hall–Kier alpha value is -1.89. The molecule has 0 spiro atoms. The Labute approximate surface area is 69.6 Å². The minimum atomic E-state index is -0.494. The fraction of sp³-hybridized carbons (Fsp3) is 0.125. The summed E-state index contributed by atoms with van der Waals surface area (Å²) < 4.78 is 4.43. The highest BCUT2D eigenvalue weighted by molar-refractivity contribution is 5.87. The minimum Gasteiger partial charge on any atom is -0.464 e. The lowest BCUT2D eigenvalue weighted by Crippen LogP contribution is -2.02. The summed E-state index contributed by atoms with van der Waals surface area (Å²) in [6.45, 7) is 6.64. The van der Waals surface area contributed by atoms with E-state index in [0.29, 0.717) is 5.69 Å². The number of hydrogen-bond acceptors (Lipinski definition) is 3. The monoisotopic (exact) mass is 162 g/mol. The van der Waals surface area contributed by atoms with E-state index in [9.17, 15) is 4.79 Å². The summed E-state index contributed by atoms with van der Waals surface area (Å²) in [5, 5.41) is 0. The molecule has 60 valence electrons. The number of esters is 1. The second-order valence-corrected chi connectivity index (χ2v) is 2.01. The van der Waals surface area contributed by atoms with Gasteiger partial charge < -0.3 is 4.74 Å². The van der Waals surface area contributed by atoms with Crippen molar-refractivity contribution in [2.24, 2.45) is 0 Å². The molecular formula is C8H6N2O2. The van der Waals surface area contributed by atoms with Crippen molar-refractivity contribution in [3.8, 4) is 0 Å². The van der Waals surface area contributed by atoms with Crippen molar-refractivity contribution in [1.29, 1.82) is 0 Å². The van der Waals surface area contributed by atoms with Crippen LogP contribution < -0.4 is 0 Å². The number of pyridine rings is 1. The van der Waals surface area contributed by atoms with Crippen molar-refractivity contribution in [2.45, 2.75) is 0 Å². The zero-order chi connectivity index (χ0) is 8.97. The summed E-state index contributed by atoms with van der Waals surface area (Å²) in [6, 6.07) is 2.98. The summed E-state index contributed by atoms with van der Waals surface area (Å²) in [6.07, 6.45) is 1.33. The van der Waals surface area contributed by atoms with Gasteiger partial charge in [-0.05, 0) is 6.07 Å². The molecule has 0 aliphatic heterocycles. The number of carbonyl (C=O) groups is 1. The van der Waals surface area contributed by atoms with E-state index >= 15 is 0 Å². The predicted molar refractivity (Wildman–Crippen MR) is 41.8 cm³/mol. The molecule has 1 rings (SSSR count). The van der Waals surface area contributed by atoms with E-state index in [1.807, 2.05) is 0 Å². The van der Waals surface area contributed by atoms with E-state index in [4.69, 9.17) is 6.57 Å². The summed E-state index contributed by atoms with van der Waals surface area (Å²) >= 11 is 0. The molecule has 4 nitrogen and oxygen atoms in total. The Kier molecular flexibility index (Phi) is 2.38. The highest BCUT2D eigenvalue weighted by atomic mass is 16.5. The molecule has 0 saturated heterocycles. The average molecular weight is 162 g/mol. The first-order valence-corrected chi connectivity index (χ1v) is 3.19. The van der Waals surface area contributed by atoms with Crippen LogP contribution in [-0.2, 0) is 4.74 Å². The van der Waals surface area contributed by atoms with Crippen molar-refractivity contribution in [3.63, 3.8) is 0 Å². The van der Waals surface area contributed by atoms with Gasteiger partial charge in [-0.15, -0.1) is 0 Å². The number of rotatable bonds is 1. The lowest BCUT2D eigenvalue weighted by molar-refractivity contribution is 0.0594. The van der Waals surface area contributed by atoms with Crippen molar-refractivity contribution < 1.29 is 9.53 Å². The first-order valence-electron chi connectivity index (χ1n) is 3.19. The number of aromatic nitrogens is 1. The molecule has 0 bridgehead atoms. The van der Waals surface area contributed by atoms with E-state index in [2.05, 4.69) is 14.6 Å². The third-order valence-electron chi connectivity index (χ3n) is 1.27. The van der Waals surface area contributed by atoms with Crippen LogP contribution in [0.2, 0.25) is 0 Å². The van der Waals surface area contributed by atoms with Gasteiger partial charge in [-0.3, -0.25) is 4.98 Å². The average Bonchev–Trinajstić information content (AvgIpc) is 2.17. The molecule has 12 heavy (non-hydrogen) atoms. The predicted octanol–water partition coefficient (Wildman–Crippen LogP) is 1.42. The highest BCUT2D eigenvalue weighted by Gasteiger charge is 2.05. The maximum atomic E-state index is 10.9. The van der Waals surface area contributed by atoms with Crippen molar-refractivity contribution >= 4 is 11.7 Å². The molecule has 0 atom stereocenters. The van der Waals surface area contributed by atoms with Gasteiger partial charge in [0, 0.05) is 6.20 Å². The minimum absolute atomic E-state index is 0.213. The fourth-order valence-electron chi connectivity index (χ4n) is 0.678. The van der Waals surface area contributed by atoms with Gasteiger partial charge >= 0.3 is 5.97 Å². The number of hydrogen-bond donors (Lipinski definition) is 0. The zero-order valence-corrected chi connectivity index (χ0v) is 6.44. The van der Waals surface area contributed by atoms with Crippen LogP contribution in [0.4, 0.5) is 5.69 Å². The maximum absolute atomic E-state index is 10.9. The van der Waals surface area contributed by atoms with Crippen LogP contribution in [0, 0.1) is 6.57 Å². The number of carbonyl (C=O) groups excluding carboxylic acids is 1. The molecule has 0 N–H and O–H groups in total. The van der Waals surface area contributed by atoms with E-state index < -0.39 is 5.97 Å². The third kappa shape index (κ3) is 1.58. The lowest BCUT2D eigenvalue weighted by Gasteiger charge is -1.96. The SMILES string of the molecule is [C-]#[N+]c1ccc(C(=O)OC)nc1. The summed E-state index contributed by atoms with van der Waals surface area (Å²) in [7, 11) is 1.28. The molecular weight excluding hydrogens is 156 g/mol. The van der Waals surface area contributed by atoms with Gasteiger partial charge in [0.2, 0.25) is 5.69 Å². The Bertz CT molecular complexity index is 324. The lowest BCUT2D eigenvalue weighted by atomic mass is 10.3. The molecule has 0 aromatic carbocycles. The third-order valence-corrected chi connectivity index (χ3v) is 1.27. The van der Waals surface area contributed by atoms with Gasteiger partial charge in [0.15, 0.2) is 0 Å². The smallest absolute Gasteiger partial charge is 0.356 e. The van der Waals surface area contributed by atoms with E-state index in [-0.39, 0.29) is 5.69 Å². The quantitative estimate of drug-likeness (QED) is 0.463. The Balaban J connectivity index is 2.94. The van der Waals surface area contributed by atoms with E-state index in [0.717, 1.165) is 0 Å². The maximum Gasteiger partial charge on any atom is 0.356 e. The highest BCUT2D eigenvalue weighted by Crippen LogP contribution is 2.09. The first-order chi connectivity index (χ1) is 5.77. The normalized spacial score (nSPS) is 8.67. The molecule has 1 aromatic heterocycles. The molecule has 0 radical (unpaired) electrons. The van der Waals surface area contributed by atoms with Gasteiger partial charge in [-0.1, -0.05) is 6.07 Å². The molecule has 0 aliphatic carbocycles. The molecule has 0 aliphatic rings. The molecule has 1 aromatic rings. The Morgan fingerprint density at radius 3 is 2.83 bits per heavy atom. The number of methoxy groups -OCH3 is 1. The van der Waals surface area contributed by atoms with Crippen LogP contribution >= 0.6 is 0 Å². The topological polar surface area (TPSA) is 43.5 Å². The van der Waals surface area contributed by atoms with Crippen LogP contribution in [0.15, 0.2) is 18.3 Å². The van der Waals surface area contributed by atoms with Crippen molar-refractivity contribution in [1.82, 2.24) is 4.98 Å². The standard InChI is InChI=1S/C8H6N2O2/c1-9-6-3-4-7(10-5-6)8(11)12-2/h3-5H,2H3. The second-order valence-electron chi connectivity index (χ2n) is 2.01. The molecule has 4 heteroatoms. The van der Waals surface area contributed by atoms with Crippen LogP contribution in [0.3, 0.4) is 0 Å². The molecule has 0 unspecified atom stereocenters. The van der Waals surface area contributed by atoms with Gasteiger partial charge in [-0.25, -0.2) is 9.64 Å². The van der Waals surface area contributed by atoms with Crippen LogP contribution in [-0.4, -0.2) is 18.1 Å². The van der Waals surface area contributed by atoms with Crippen LogP contribution in [0.25, 0.3) is 4.85 Å². The van der Waals surface area contributed by atoms with Crippen LogP contribution in [0.1, 0.15) is 10.5 Å². The molecule has 0 amide bonds. The zero-order valence-electron chi connectivity index (χ0n) is 6.44. The first kappa shape index (κ1) is 8.21. The second kappa shape index (κ2) is 3.49. The molecule has 1 heterocycles.